The fraction of sp³-hybridized carbons (Fsp3) is 0.227. The molecule has 1 aliphatic heterocycles. The van der Waals surface area contributed by atoms with E-state index in [9.17, 15) is 4.79 Å². The lowest BCUT2D eigenvalue weighted by Gasteiger charge is -2.24. The van der Waals surface area contributed by atoms with E-state index >= 15 is 0 Å². The standard InChI is InChI=1S/C22H20N4O2S2/c1-12-20-16(13-4-7-15(29-3)8-5-13)11-19(27)24-21(20)26(25-12)22-23-17-9-6-14(28-2)10-18(17)30-22/h4-10,16H,11H2,1-3H3,(H,24,27). The molecule has 152 valence electrons. The Labute approximate surface area is 182 Å². The third kappa shape index (κ3) is 3.16. The molecule has 2 aromatic carbocycles. The molecular weight excluding hydrogens is 416 g/mol. The van der Waals surface area contributed by atoms with Gasteiger partial charge in [-0.1, -0.05) is 23.5 Å². The van der Waals surface area contributed by atoms with Crippen molar-refractivity contribution in [3.63, 3.8) is 0 Å². The van der Waals surface area contributed by atoms with Crippen LogP contribution in [0.5, 0.6) is 5.75 Å². The minimum absolute atomic E-state index is 0.00891. The second-order valence-electron chi connectivity index (χ2n) is 7.17. The molecule has 1 unspecified atom stereocenters. The molecule has 3 heterocycles. The van der Waals surface area contributed by atoms with Gasteiger partial charge in [-0.2, -0.15) is 9.78 Å². The zero-order chi connectivity index (χ0) is 20.8. The molecule has 1 aliphatic rings. The van der Waals surface area contributed by atoms with E-state index in [0.29, 0.717) is 12.2 Å². The maximum Gasteiger partial charge on any atom is 0.226 e. The topological polar surface area (TPSA) is 69.0 Å². The summed E-state index contributed by atoms with van der Waals surface area (Å²) in [6.45, 7) is 1.99. The highest BCUT2D eigenvalue weighted by Crippen LogP contribution is 2.41. The molecule has 0 bridgehead atoms. The molecule has 0 aliphatic carbocycles. The fourth-order valence-electron chi connectivity index (χ4n) is 3.92. The number of benzene rings is 2. The Morgan fingerprint density at radius 2 is 2.03 bits per heavy atom. The first-order valence-electron chi connectivity index (χ1n) is 9.55. The summed E-state index contributed by atoms with van der Waals surface area (Å²) >= 11 is 3.23. The normalized spacial score (nSPS) is 15.8. The van der Waals surface area contributed by atoms with Gasteiger partial charge in [0.15, 0.2) is 0 Å². The number of aryl methyl sites for hydroxylation is 1. The summed E-state index contributed by atoms with van der Waals surface area (Å²) in [6, 6.07) is 14.2. The van der Waals surface area contributed by atoms with E-state index in [1.54, 1.807) is 23.6 Å². The molecule has 6 nitrogen and oxygen atoms in total. The predicted molar refractivity (Wildman–Crippen MR) is 121 cm³/mol. The summed E-state index contributed by atoms with van der Waals surface area (Å²) in [6.07, 6.45) is 2.47. The first kappa shape index (κ1) is 19.1. The Morgan fingerprint density at radius 3 is 2.77 bits per heavy atom. The zero-order valence-corrected chi connectivity index (χ0v) is 18.4. The van der Waals surface area contributed by atoms with Gasteiger partial charge in [0.25, 0.3) is 0 Å². The number of methoxy groups -OCH3 is 1. The quantitative estimate of drug-likeness (QED) is 0.456. The lowest BCUT2D eigenvalue weighted by Crippen LogP contribution is -2.24. The number of nitrogens with zero attached hydrogens (tertiary/aromatic N) is 3. The average Bonchev–Trinajstić information content (AvgIpc) is 3.33. The summed E-state index contributed by atoms with van der Waals surface area (Å²) in [4.78, 5) is 18.5. The maximum absolute atomic E-state index is 12.6. The maximum atomic E-state index is 12.6. The van der Waals surface area contributed by atoms with Gasteiger partial charge in [0.2, 0.25) is 11.0 Å². The van der Waals surface area contributed by atoms with Gasteiger partial charge in [-0.15, -0.1) is 11.8 Å². The number of hydrogen-bond donors (Lipinski definition) is 1. The highest BCUT2D eigenvalue weighted by atomic mass is 32.2. The van der Waals surface area contributed by atoms with E-state index in [1.165, 1.54) is 16.2 Å². The van der Waals surface area contributed by atoms with Gasteiger partial charge in [-0.3, -0.25) is 4.79 Å². The number of amides is 1. The van der Waals surface area contributed by atoms with E-state index in [1.807, 2.05) is 25.1 Å². The number of ether oxygens (including phenoxy) is 1. The Bertz CT molecular complexity index is 1260. The van der Waals surface area contributed by atoms with E-state index in [2.05, 4.69) is 35.8 Å². The molecular formula is C22H20N4O2S2. The van der Waals surface area contributed by atoms with Crippen LogP contribution in [0.15, 0.2) is 47.4 Å². The Kier molecular flexibility index (Phi) is 4.75. The van der Waals surface area contributed by atoms with Gasteiger partial charge in [0.1, 0.15) is 11.6 Å². The smallest absolute Gasteiger partial charge is 0.226 e. The SMILES string of the molecule is COc1ccc2nc(-n3nc(C)c4c3NC(=O)CC4c3ccc(SC)cc3)sc2c1. The van der Waals surface area contributed by atoms with E-state index in [0.717, 1.165) is 37.9 Å². The van der Waals surface area contributed by atoms with Gasteiger partial charge < -0.3 is 10.1 Å². The monoisotopic (exact) mass is 436 g/mol. The number of carbonyl (C=O) groups excluding carboxylic acids is 1. The van der Waals surface area contributed by atoms with E-state index in [-0.39, 0.29) is 11.8 Å². The first-order chi connectivity index (χ1) is 14.6. The molecule has 0 saturated carbocycles. The third-order valence-corrected chi connectivity index (χ3v) is 7.12. The first-order valence-corrected chi connectivity index (χ1v) is 11.6. The summed E-state index contributed by atoms with van der Waals surface area (Å²) in [5, 5.41) is 8.52. The number of aromatic nitrogens is 3. The number of rotatable bonds is 4. The molecule has 0 saturated heterocycles. The van der Waals surface area contributed by atoms with Crippen LogP contribution in [0.2, 0.25) is 0 Å². The molecule has 0 radical (unpaired) electrons. The van der Waals surface area contributed by atoms with Crippen molar-refractivity contribution >= 4 is 45.0 Å². The summed E-state index contributed by atoms with van der Waals surface area (Å²) in [5.41, 5.74) is 3.97. The molecule has 1 N–H and O–H groups in total. The largest absolute Gasteiger partial charge is 0.497 e. The number of fused-ring (bicyclic) bond motifs is 2. The molecule has 8 heteroatoms. The molecule has 1 amide bonds. The van der Waals surface area contributed by atoms with Crippen LogP contribution in [-0.4, -0.2) is 34.0 Å². The van der Waals surface area contributed by atoms with Gasteiger partial charge >= 0.3 is 0 Å². The minimum Gasteiger partial charge on any atom is -0.497 e. The summed E-state index contributed by atoms with van der Waals surface area (Å²) in [5.74, 6) is 1.48. The highest BCUT2D eigenvalue weighted by molar-refractivity contribution is 7.98. The van der Waals surface area contributed by atoms with Gasteiger partial charge in [0.05, 0.1) is 23.0 Å². The van der Waals surface area contributed by atoms with Crippen molar-refractivity contribution < 1.29 is 9.53 Å². The van der Waals surface area contributed by atoms with Crippen molar-refractivity contribution in [1.82, 2.24) is 14.8 Å². The Balaban J connectivity index is 1.62. The second-order valence-corrected chi connectivity index (χ2v) is 9.06. The highest BCUT2D eigenvalue weighted by Gasteiger charge is 2.33. The lowest BCUT2D eigenvalue weighted by atomic mass is 9.86. The Hall–Kier alpha value is -2.84. The molecule has 1 atom stereocenters. The van der Waals surface area contributed by atoms with E-state index in [4.69, 9.17) is 14.8 Å². The van der Waals surface area contributed by atoms with Crippen molar-refractivity contribution in [3.05, 3.63) is 59.3 Å². The van der Waals surface area contributed by atoms with Crippen LogP contribution in [0.1, 0.15) is 29.2 Å². The second kappa shape index (κ2) is 7.45. The molecule has 4 aromatic rings. The number of carbonyl (C=O) groups is 1. The van der Waals surface area contributed by atoms with Crippen LogP contribution >= 0.6 is 23.1 Å². The predicted octanol–water partition coefficient (Wildman–Crippen LogP) is 5.00. The van der Waals surface area contributed by atoms with E-state index < -0.39 is 0 Å². The average molecular weight is 437 g/mol. The van der Waals surface area contributed by atoms with Gasteiger partial charge in [-0.25, -0.2) is 4.98 Å². The zero-order valence-electron chi connectivity index (χ0n) is 16.8. The number of thioether (sulfide) groups is 1. The number of nitrogens with one attached hydrogen (secondary N) is 1. The molecule has 0 fully saturated rings. The van der Waals surface area contributed by atoms with Crippen LogP contribution in [0.4, 0.5) is 5.82 Å². The fourth-order valence-corrected chi connectivity index (χ4v) is 5.28. The molecule has 5 rings (SSSR count). The van der Waals surface area contributed by atoms with Crippen molar-refractivity contribution in [2.24, 2.45) is 0 Å². The van der Waals surface area contributed by atoms with Crippen molar-refractivity contribution in [1.29, 1.82) is 0 Å². The number of thiazole rings is 1. The summed E-state index contributed by atoms with van der Waals surface area (Å²) < 4.78 is 8.10. The molecule has 30 heavy (non-hydrogen) atoms. The van der Waals surface area contributed by atoms with Crippen LogP contribution in [0.3, 0.4) is 0 Å². The van der Waals surface area contributed by atoms with Gasteiger partial charge in [0, 0.05) is 22.8 Å². The third-order valence-electron chi connectivity index (χ3n) is 5.39. The lowest BCUT2D eigenvalue weighted by molar-refractivity contribution is -0.116. The van der Waals surface area contributed by atoms with Crippen molar-refractivity contribution in [2.75, 3.05) is 18.7 Å². The van der Waals surface area contributed by atoms with Gasteiger partial charge in [-0.05, 0) is 49.1 Å². The van der Waals surface area contributed by atoms with Crippen LogP contribution < -0.4 is 10.1 Å². The minimum atomic E-state index is -0.0205. The van der Waals surface area contributed by atoms with Crippen LogP contribution in [-0.2, 0) is 4.79 Å². The number of hydrogen-bond acceptors (Lipinski definition) is 6. The van der Waals surface area contributed by atoms with Crippen molar-refractivity contribution in [3.8, 4) is 10.9 Å². The van der Waals surface area contributed by atoms with Crippen LogP contribution in [0.25, 0.3) is 15.3 Å². The number of anilines is 1. The molecule has 2 aromatic heterocycles. The summed E-state index contributed by atoms with van der Waals surface area (Å²) in [7, 11) is 1.65. The van der Waals surface area contributed by atoms with Crippen molar-refractivity contribution in [2.45, 2.75) is 24.2 Å². The Morgan fingerprint density at radius 1 is 1.23 bits per heavy atom. The van der Waals surface area contributed by atoms with Crippen LogP contribution in [0, 0.1) is 6.92 Å². The molecule has 0 spiro atoms.